The monoisotopic (exact) mass is 1310 g/mol. The number of benzene rings is 10. The summed E-state index contributed by atoms with van der Waals surface area (Å²) in [4.78, 5) is 13.7. The van der Waals surface area contributed by atoms with E-state index in [1.165, 1.54) is 16.7 Å². The van der Waals surface area contributed by atoms with Gasteiger partial charge in [-0.05, 0) is 120 Å². The molecule has 2 aromatic heterocycles. The molecule has 1 aliphatic heterocycles. The molecule has 0 amide bonds. The van der Waals surface area contributed by atoms with E-state index < -0.39 is 5.41 Å². The Labute approximate surface area is 526 Å². The maximum atomic E-state index is 8.43. The molecule has 7 heteroatoms. The SMILES string of the molecule is [C-]#[N+]c1ccc2c(c1)C(c1ccc(C(C)(C)C)cc1)(c1cc(Oc3[c-]c4c(cc3)c3ccccc3n4-c3cc(C(C)(C)C)ccn3)[c-]c(N3[CH-]N(c4c(-c5ccccc5)cc(C(C)(C)C)cc4-c4ccccc4)c4ccccc43)c1)c1ccccc1-2.[Pt]. The molecule has 1 unspecified atom stereocenters. The van der Waals surface area contributed by atoms with Crippen molar-refractivity contribution < 1.29 is 25.8 Å². The Morgan fingerprint density at radius 3 is 1.76 bits per heavy atom. The molecule has 3 heterocycles. The third-order valence-electron chi connectivity index (χ3n) is 17.5. The quantitative estimate of drug-likeness (QED) is 0.135. The van der Waals surface area contributed by atoms with E-state index in [-0.39, 0.29) is 37.3 Å². The van der Waals surface area contributed by atoms with Gasteiger partial charge in [-0.25, -0.2) is 9.83 Å². The van der Waals surface area contributed by atoms with Gasteiger partial charge in [0.25, 0.3) is 0 Å². The number of pyridine rings is 1. The van der Waals surface area contributed by atoms with Gasteiger partial charge in [0.2, 0.25) is 0 Å². The predicted molar refractivity (Wildman–Crippen MR) is 355 cm³/mol. The van der Waals surface area contributed by atoms with Crippen molar-refractivity contribution in [1.29, 1.82) is 0 Å². The van der Waals surface area contributed by atoms with Crippen LogP contribution in [0.4, 0.5) is 28.4 Å². The second-order valence-corrected chi connectivity index (χ2v) is 26.0. The minimum absolute atomic E-state index is 0. The largest absolute Gasteiger partial charge is 0.509 e. The van der Waals surface area contributed by atoms with Crippen LogP contribution in [0.3, 0.4) is 0 Å². The smallest absolute Gasteiger partial charge is 0.187 e. The number of nitrogens with zero attached hydrogens (tertiary/aromatic N) is 5. The summed E-state index contributed by atoms with van der Waals surface area (Å²) in [6.45, 7) is 31.0. The Balaban J connectivity index is 0.00000700. The molecule has 0 fully saturated rings. The number of hydrogen-bond donors (Lipinski definition) is 0. The molecule has 10 aromatic carbocycles. The van der Waals surface area contributed by atoms with E-state index in [1.54, 1.807) is 0 Å². The summed E-state index contributed by atoms with van der Waals surface area (Å²) in [6.07, 6.45) is 1.91. The molecule has 12 aromatic rings. The van der Waals surface area contributed by atoms with Crippen molar-refractivity contribution in [2.75, 3.05) is 9.80 Å². The second kappa shape index (κ2) is 21.6. The number of rotatable bonds is 9. The normalized spacial score (nSPS) is 14.6. The van der Waals surface area contributed by atoms with Gasteiger partial charge in [-0.15, -0.1) is 53.6 Å². The van der Waals surface area contributed by atoms with Crippen LogP contribution in [-0.2, 0) is 42.7 Å². The maximum Gasteiger partial charge on any atom is 0.187 e. The molecule has 2 aliphatic rings. The van der Waals surface area contributed by atoms with Crippen LogP contribution in [0.15, 0.2) is 231 Å². The average Bonchev–Trinajstić information content (AvgIpc) is 1.69. The summed E-state index contributed by atoms with van der Waals surface area (Å²) in [7, 11) is 0. The van der Waals surface area contributed by atoms with Crippen LogP contribution in [0.5, 0.6) is 11.5 Å². The first-order chi connectivity index (χ1) is 41.5. The molecular formula is C80H66N5OPt-3. The molecule has 0 N–H and O–H groups in total. The van der Waals surface area contributed by atoms with E-state index in [0.29, 0.717) is 17.2 Å². The summed E-state index contributed by atoms with van der Waals surface area (Å²) in [5.41, 5.74) is 19.7. The second-order valence-electron chi connectivity index (χ2n) is 26.0. The Bertz CT molecular complexity index is 4610. The molecule has 1 aliphatic carbocycles. The Morgan fingerprint density at radius 1 is 0.483 bits per heavy atom. The van der Waals surface area contributed by atoms with Gasteiger partial charge in [0.1, 0.15) is 5.82 Å². The third-order valence-corrected chi connectivity index (χ3v) is 17.5. The molecule has 87 heavy (non-hydrogen) atoms. The van der Waals surface area contributed by atoms with Gasteiger partial charge < -0.3 is 19.1 Å². The summed E-state index contributed by atoms with van der Waals surface area (Å²) >= 11 is 0. The van der Waals surface area contributed by atoms with Gasteiger partial charge in [-0.2, -0.15) is 6.07 Å². The van der Waals surface area contributed by atoms with Crippen LogP contribution in [0.2, 0.25) is 0 Å². The van der Waals surface area contributed by atoms with Gasteiger partial charge >= 0.3 is 0 Å². The summed E-state index contributed by atoms with van der Waals surface area (Å²) in [5.74, 6) is 1.86. The van der Waals surface area contributed by atoms with Gasteiger partial charge in [0.05, 0.1) is 6.57 Å². The average molecular weight is 1310 g/mol. The van der Waals surface area contributed by atoms with Crippen molar-refractivity contribution in [2.24, 2.45) is 0 Å². The zero-order valence-corrected chi connectivity index (χ0v) is 52.7. The Kier molecular flexibility index (Phi) is 14.1. The standard InChI is InChI=1S/C80H66N5O.Pt/c1-77(2,3)54-33-35-55(36-34-54)80(69-29-19-17-27-63(69)64-39-37-59(81-10)48-70(64)80)58-43-60(49-62(44-58)86-61-38-40-66-65-28-18-20-30-71(65)85(74(66)50-61)75-47-56(41-42-82-75)78(4,5)6)83-51-84(73-32-22-21-31-72(73)83)76-67(52-23-13-11-14-24-52)45-57(79(7,8)9)46-68(76)53-25-15-12-16-26-53;/h11-48,51H,1-9H3;/q-3;. The number of hydrogen-bond acceptors (Lipinski definition) is 4. The predicted octanol–water partition coefficient (Wildman–Crippen LogP) is 21.1. The van der Waals surface area contributed by atoms with Gasteiger partial charge in [0, 0.05) is 77.9 Å². The Morgan fingerprint density at radius 2 is 1.09 bits per heavy atom. The van der Waals surface area contributed by atoms with Crippen LogP contribution < -0.4 is 14.5 Å². The van der Waals surface area contributed by atoms with Crippen LogP contribution in [0, 0.1) is 25.4 Å². The first-order valence-electron chi connectivity index (χ1n) is 29.7. The number of fused-ring (bicyclic) bond motifs is 7. The van der Waals surface area contributed by atoms with Crippen LogP contribution in [0.25, 0.3) is 65.8 Å². The first kappa shape index (κ1) is 56.8. The van der Waals surface area contributed by atoms with E-state index in [2.05, 4.69) is 313 Å². The van der Waals surface area contributed by atoms with E-state index in [1.807, 2.05) is 18.3 Å². The molecule has 6 nitrogen and oxygen atoms in total. The minimum atomic E-state index is -0.919. The molecule has 1 atom stereocenters. The summed E-state index contributed by atoms with van der Waals surface area (Å²) in [6, 6.07) is 88.3. The molecule has 0 spiro atoms. The van der Waals surface area contributed by atoms with E-state index >= 15 is 0 Å². The van der Waals surface area contributed by atoms with E-state index in [0.717, 1.165) is 106 Å². The van der Waals surface area contributed by atoms with Crippen molar-refractivity contribution >= 4 is 50.2 Å². The zero-order valence-electron chi connectivity index (χ0n) is 50.5. The van der Waals surface area contributed by atoms with Crippen LogP contribution in [-0.4, -0.2) is 9.55 Å². The fourth-order valence-electron chi connectivity index (χ4n) is 13.1. The van der Waals surface area contributed by atoms with Crippen LogP contribution >= 0.6 is 0 Å². The summed E-state index contributed by atoms with van der Waals surface area (Å²) < 4.78 is 9.58. The fraction of sp³-hybridized carbons (Fsp3) is 0.163. The Hall–Kier alpha value is -9.27. The molecule has 14 rings (SSSR count). The summed E-state index contributed by atoms with van der Waals surface area (Å²) in [5, 5.41) is 2.15. The van der Waals surface area contributed by atoms with Crippen molar-refractivity contribution in [3.63, 3.8) is 0 Å². The first-order valence-corrected chi connectivity index (χ1v) is 29.7. The maximum absolute atomic E-state index is 8.43. The number of ether oxygens (including phenoxy) is 1. The molecule has 0 saturated heterocycles. The van der Waals surface area contributed by atoms with Crippen molar-refractivity contribution in [1.82, 2.24) is 9.55 Å². The fourth-order valence-corrected chi connectivity index (χ4v) is 13.1. The molecule has 430 valence electrons. The van der Waals surface area contributed by atoms with Crippen LogP contribution in [0.1, 0.15) is 101 Å². The van der Waals surface area contributed by atoms with Gasteiger partial charge in [0.15, 0.2) is 5.69 Å². The number of anilines is 4. The third kappa shape index (κ3) is 9.74. The number of para-hydroxylation sites is 3. The molecular weight excluding hydrogens is 1240 g/mol. The molecule has 0 saturated carbocycles. The van der Waals surface area contributed by atoms with E-state index in [4.69, 9.17) is 16.3 Å². The molecule has 0 bridgehead atoms. The van der Waals surface area contributed by atoms with Crippen molar-refractivity contribution in [2.45, 2.75) is 84.0 Å². The molecule has 0 radical (unpaired) electrons. The zero-order chi connectivity index (χ0) is 59.3. The van der Waals surface area contributed by atoms with Gasteiger partial charge in [-0.3, -0.25) is 0 Å². The van der Waals surface area contributed by atoms with Gasteiger partial charge in [-0.1, -0.05) is 226 Å². The van der Waals surface area contributed by atoms with Crippen molar-refractivity contribution in [3.05, 3.63) is 300 Å². The number of aromatic nitrogens is 2. The van der Waals surface area contributed by atoms with E-state index in [9.17, 15) is 0 Å². The topological polar surface area (TPSA) is 37.9 Å². The van der Waals surface area contributed by atoms with Crippen molar-refractivity contribution in [3.8, 4) is 50.7 Å². The minimum Gasteiger partial charge on any atom is -0.509 e.